The molecule has 0 aliphatic rings. The van der Waals surface area contributed by atoms with Crippen LogP contribution in [0.3, 0.4) is 0 Å². The van der Waals surface area contributed by atoms with E-state index >= 15 is 0 Å². The Balaban J connectivity index is 2.02. The van der Waals surface area contributed by atoms with Gasteiger partial charge < -0.3 is 4.98 Å². The third-order valence-corrected chi connectivity index (χ3v) is 4.48. The van der Waals surface area contributed by atoms with Crippen LogP contribution in [0.5, 0.6) is 0 Å². The zero-order chi connectivity index (χ0) is 15.6. The van der Waals surface area contributed by atoms with Crippen LogP contribution in [0.4, 0.5) is 0 Å². The van der Waals surface area contributed by atoms with Crippen molar-refractivity contribution in [2.45, 2.75) is 5.92 Å². The Morgan fingerprint density at radius 3 is 2.52 bits per heavy atom. The Bertz CT molecular complexity index is 896. The van der Waals surface area contributed by atoms with E-state index in [9.17, 15) is 0 Å². The highest BCUT2D eigenvalue weighted by atomic mass is 79.9. The lowest BCUT2D eigenvalue weighted by Crippen LogP contribution is -2.07. The predicted octanol–water partition coefficient (Wildman–Crippen LogP) is 4.30. The van der Waals surface area contributed by atoms with Crippen molar-refractivity contribution in [3.05, 3.63) is 88.5 Å². The summed E-state index contributed by atoms with van der Waals surface area (Å²) in [4.78, 5) is 16.4. The summed E-state index contributed by atoms with van der Waals surface area (Å²) < 4.78 is 0.939. The second kappa shape index (κ2) is 5.93. The van der Waals surface area contributed by atoms with Gasteiger partial charge in [0.1, 0.15) is 0 Å². The van der Waals surface area contributed by atoms with Gasteiger partial charge in [-0.3, -0.25) is 4.98 Å². The molecule has 4 rings (SSSR count). The van der Waals surface area contributed by atoms with E-state index in [1.165, 1.54) is 5.56 Å². The zero-order valence-electron chi connectivity index (χ0n) is 12.1. The quantitative estimate of drug-likeness (QED) is 0.589. The lowest BCUT2D eigenvalue weighted by molar-refractivity contribution is 0.916. The van der Waals surface area contributed by atoms with Crippen molar-refractivity contribution in [3.8, 4) is 0 Å². The molecule has 0 radical (unpaired) electrons. The van der Waals surface area contributed by atoms with Crippen LogP contribution in [-0.2, 0) is 0 Å². The summed E-state index contributed by atoms with van der Waals surface area (Å²) >= 11 is 3.66. The first-order valence-electron chi connectivity index (χ1n) is 7.28. The number of aromatic nitrogens is 4. The molecule has 1 N–H and O–H groups in total. The maximum atomic E-state index is 4.59. The maximum absolute atomic E-state index is 4.59. The summed E-state index contributed by atoms with van der Waals surface area (Å²) in [6.07, 6.45) is 5.30. The van der Waals surface area contributed by atoms with E-state index in [1.54, 1.807) is 12.5 Å². The molecule has 3 aromatic heterocycles. The van der Waals surface area contributed by atoms with Crippen molar-refractivity contribution in [1.29, 1.82) is 0 Å². The predicted molar refractivity (Wildman–Crippen MR) is 93.2 cm³/mol. The number of rotatable bonds is 3. The lowest BCUT2D eigenvalue weighted by atomic mass is 9.88. The Kier molecular flexibility index (Phi) is 3.63. The first-order chi connectivity index (χ1) is 11.3. The number of hydrogen-bond acceptors (Lipinski definition) is 3. The van der Waals surface area contributed by atoms with Crippen LogP contribution < -0.4 is 0 Å². The molecule has 1 atom stereocenters. The number of nitrogens with one attached hydrogen (secondary N) is 1. The standard InChI is InChI=1S/C18H13BrN4/c19-13-10-21-18-17(22-11-23-18)16(13)15(12-6-2-1-3-7-12)14-8-4-5-9-20-14/h1-11,15H,(H,21,22,23). The van der Waals surface area contributed by atoms with Crippen LogP contribution in [0, 0.1) is 0 Å². The van der Waals surface area contributed by atoms with Gasteiger partial charge in [-0.25, -0.2) is 9.97 Å². The number of hydrogen-bond donors (Lipinski definition) is 1. The molecule has 112 valence electrons. The molecule has 0 fully saturated rings. The van der Waals surface area contributed by atoms with Crippen molar-refractivity contribution in [2.24, 2.45) is 0 Å². The van der Waals surface area contributed by atoms with Crippen LogP contribution in [-0.4, -0.2) is 19.9 Å². The normalized spacial score (nSPS) is 12.4. The number of fused-ring (bicyclic) bond motifs is 1. The van der Waals surface area contributed by atoms with Gasteiger partial charge in [-0.15, -0.1) is 0 Å². The molecule has 23 heavy (non-hydrogen) atoms. The number of H-pyrrole nitrogens is 1. The molecule has 0 saturated heterocycles. The number of pyridine rings is 2. The molecule has 0 aliphatic heterocycles. The number of nitrogens with zero attached hydrogens (tertiary/aromatic N) is 3. The average Bonchev–Trinajstić information content (AvgIpc) is 3.08. The lowest BCUT2D eigenvalue weighted by Gasteiger charge is -2.19. The van der Waals surface area contributed by atoms with Crippen molar-refractivity contribution in [3.63, 3.8) is 0 Å². The molecule has 5 heteroatoms. The van der Waals surface area contributed by atoms with Crippen LogP contribution >= 0.6 is 15.9 Å². The molecule has 0 spiro atoms. The highest BCUT2D eigenvalue weighted by molar-refractivity contribution is 9.10. The van der Waals surface area contributed by atoms with E-state index in [4.69, 9.17) is 0 Å². The van der Waals surface area contributed by atoms with Gasteiger partial charge in [0.05, 0.1) is 23.5 Å². The molecule has 0 aliphatic carbocycles. The van der Waals surface area contributed by atoms with E-state index in [0.717, 1.165) is 21.2 Å². The second-order valence-corrected chi connectivity index (χ2v) is 6.07. The van der Waals surface area contributed by atoms with Crippen molar-refractivity contribution in [2.75, 3.05) is 0 Å². The maximum Gasteiger partial charge on any atom is 0.177 e. The smallest absolute Gasteiger partial charge is 0.177 e. The average molecular weight is 365 g/mol. The van der Waals surface area contributed by atoms with E-state index < -0.39 is 0 Å². The first-order valence-corrected chi connectivity index (χ1v) is 8.07. The number of imidazole rings is 1. The molecule has 0 bridgehead atoms. The summed E-state index contributed by atoms with van der Waals surface area (Å²) in [6, 6.07) is 16.3. The third-order valence-electron chi connectivity index (χ3n) is 3.85. The van der Waals surface area contributed by atoms with Gasteiger partial charge in [-0.2, -0.15) is 0 Å². The molecule has 4 nitrogen and oxygen atoms in total. The van der Waals surface area contributed by atoms with Crippen LogP contribution in [0.2, 0.25) is 0 Å². The number of halogens is 1. The highest BCUT2D eigenvalue weighted by Gasteiger charge is 2.24. The molecule has 4 aromatic rings. The Morgan fingerprint density at radius 1 is 0.913 bits per heavy atom. The van der Waals surface area contributed by atoms with E-state index in [0.29, 0.717) is 5.65 Å². The molecule has 0 amide bonds. The largest absolute Gasteiger partial charge is 0.343 e. The minimum absolute atomic E-state index is 0.00211. The van der Waals surface area contributed by atoms with Crippen molar-refractivity contribution >= 4 is 27.1 Å². The van der Waals surface area contributed by atoms with E-state index in [-0.39, 0.29) is 5.92 Å². The summed E-state index contributed by atoms with van der Waals surface area (Å²) in [6.45, 7) is 0. The summed E-state index contributed by atoms with van der Waals surface area (Å²) in [5, 5.41) is 0. The molecule has 0 saturated carbocycles. The minimum atomic E-state index is -0.00211. The Hall–Kier alpha value is -2.53. The van der Waals surface area contributed by atoms with Gasteiger partial charge in [0, 0.05) is 22.4 Å². The summed E-state index contributed by atoms with van der Waals surface area (Å²) in [7, 11) is 0. The second-order valence-electron chi connectivity index (χ2n) is 5.22. The fourth-order valence-corrected chi connectivity index (χ4v) is 3.38. The first kappa shape index (κ1) is 14.1. The van der Waals surface area contributed by atoms with Crippen molar-refractivity contribution in [1.82, 2.24) is 19.9 Å². The van der Waals surface area contributed by atoms with E-state index in [1.807, 2.05) is 42.6 Å². The van der Waals surface area contributed by atoms with Crippen LogP contribution in [0.25, 0.3) is 11.2 Å². The van der Waals surface area contributed by atoms with Gasteiger partial charge in [0.2, 0.25) is 0 Å². The fourth-order valence-electron chi connectivity index (χ4n) is 2.85. The summed E-state index contributed by atoms with van der Waals surface area (Å²) in [5.74, 6) is -0.00211. The van der Waals surface area contributed by atoms with Gasteiger partial charge >= 0.3 is 0 Å². The molecule has 3 heterocycles. The summed E-state index contributed by atoms with van der Waals surface area (Å²) in [5.41, 5.74) is 4.90. The number of aromatic amines is 1. The molecule has 1 unspecified atom stereocenters. The van der Waals surface area contributed by atoms with Gasteiger partial charge in [-0.05, 0) is 33.6 Å². The molecular formula is C18H13BrN4. The van der Waals surface area contributed by atoms with Gasteiger partial charge in [0.25, 0.3) is 0 Å². The Labute approximate surface area is 141 Å². The SMILES string of the molecule is Brc1cnc2nc[nH]c2c1C(c1ccccc1)c1ccccn1. The third kappa shape index (κ3) is 2.53. The monoisotopic (exact) mass is 364 g/mol. The highest BCUT2D eigenvalue weighted by Crippen LogP contribution is 2.37. The van der Waals surface area contributed by atoms with Gasteiger partial charge in [-0.1, -0.05) is 36.4 Å². The molecule has 1 aromatic carbocycles. The van der Waals surface area contributed by atoms with E-state index in [2.05, 4.69) is 48.0 Å². The van der Waals surface area contributed by atoms with Crippen LogP contribution in [0.1, 0.15) is 22.7 Å². The Morgan fingerprint density at radius 2 is 1.74 bits per heavy atom. The number of benzene rings is 1. The van der Waals surface area contributed by atoms with Crippen molar-refractivity contribution < 1.29 is 0 Å². The topological polar surface area (TPSA) is 54.5 Å². The minimum Gasteiger partial charge on any atom is -0.343 e. The zero-order valence-corrected chi connectivity index (χ0v) is 13.7. The van der Waals surface area contributed by atoms with Gasteiger partial charge in [0.15, 0.2) is 5.65 Å². The molecular weight excluding hydrogens is 352 g/mol. The van der Waals surface area contributed by atoms with Crippen LogP contribution in [0.15, 0.2) is 71.7 Å². The fraction of sp³-hybridized carbons (Fsp3) is 0.0556.